The lowest BCUT2D eigenvalue weighted by atomic mass is 10.1. The van der Waals surface area contributed by atoms with Crippen LogP contribution in [0.15, 0.2) is 30.3 Å². The van der Waals surface area contributed by atoms with Crippen LogP contribution in [0, 0.1) is 5.82 Å². The Morgan fingerprint density at radius 1 is 1.11 bits per heavy atom. The Morgan fingerprint density at radius 2 is 1.79 bits per heavy atom. The number of anilines is 1. The summed E-state index contributed by atoms with van der Waals surface area (Å²) in [6.45, 7) is 0. The molecular weight excluding hydrogens is 284 g/mol. The molecule has 0 aliphatic carbocycles. The highest BCUT2D eigenvalue weighted by atomic mass is 35.5. The molecule has 2 nitrogen and oxygen atoms in total. The standard InChI is InChI=1S/C12H7ClF4N2/c13-8-5-6(1-3-9(8)14)11-7(12(15,16)17)2-4-10(18)19-11/h1-5H,(H2,18,19). The molecule has 1 aromatic carbocycles. The molecule has 0 unspecified atom stereocenters. The van der Waals surface area contributed by atoms with E-state index in [2.05, 4.69) is 4.98 Å². The van der Waals surface area contributed by atoms with Crippen LogP contribution in [0.5, 0.6) is 0 Å². The van der Waals surface area contributed by atoms with Crippen molar-refractivity contribution in [2.24, 2.45) is 0 Å². The number of hydrogen-bond acceptors (Lipinski definition) is 2. The van der Waals surface area contributed by atoms with Crippen molar-refractivity contribution in [2.75, 3.05) is 5.73 Å². The van der Waals surface area contributed by atoms with Gasteiger partial charge in [-0.2, -0.15) is 13.2 Å². The number of pyridine rings is 1. The summed E-state index contributed by atoms with van der Waals surface area (Å²) in [4.78, 5) is 3.66. The van der Waals surface area contributed by atoms with E-state index >= 15 is 0 Å². The average molecular weight is 291 g/mol. The van der Waals surface area contributed by atoms with Crippen molar-refractivity contribution < 1.29 is 17.6 Å². The molecule has 0 atom stereocenters. The zero-order valence-electron chi connectivity index (χ0n) is 9.30. The summed E-state index contributed by atoms with van der Waals surface area (Å²) in [6.07, 6.45) is -4.59. The van der Waals surface area contributed by atoms with Gasteiger partial charge in [-0.25, -0.2) is 9.37 Å². The molecule has 1 heterocycles. The number of halogens is 5. The molecule has 0 amide bonds. The second-order valence-electron chi connectivity index (χ2n) is 3.76. The van der Waals surface area contributed by atoms with Crippen LogP contribution in [-0.4, -0.2) is 4.98 Å². The van der Waals surface area contributed by atoms with Crippen molar-refractivity contribution in [3.05, 3.63) is 46.7 Å². The van der Waals surface area contributed by atoms with Crippen LogP contribution < -0.4 is 5.73 Å². The normalized spacial score (nSPS) is 11.6. The second-order valence-corrected chi connectivity index (χ2v) is 4.17. The number of hydrogen-bond donors (Lipinski definition) is 1. The lowest BCUT2D eigenvalue weighted by Crippen LogP contribution is -2.09. The number of benzene rings is 1. The van der Waals surface area contributed by atoms with E-state index in [-0.39, 0.29) is 22.1 Å². The molecule has 7 heteroatoms. The first-order valence-corrected chi connectivity index (χ1v) is 5.46. The highest BCUT2D eigenvalue weighted by molar-refractivity contribution is 6.31. The molecule has 0 aliphatic heterocycles. The van der Waals surface area contributed by atoms with Crippen LogP contribution in [-0.2, 0) is 6.18 Å². The topological polar surface area (TPSA) is 38.9 Å². The van der Waals surface area contributed by atoms with E-state index in [9.17, 15) is 17.6 Å². The zero-order chi connectivity index (χ0) is 14.2. The van der Waals surface area contributed by atoms with Crippen molar-refractivity contribution in [1.82, 2.24) is 4.98 Å². The van der Waals surface area contributed by atoms with E-state index in [1.807, 2.05) is 0 Å². The first-order valence-electron chi connectivity index (χ1n) is 5.08. The minimum absolute atomic E-state index is 0.0472. The number of aromatic nitrogens is 1. The number of alkyl halides is 3. The average Bonchev–Trinajstić information content (AvgIpc) is 2.31. The molecule has 2 aromatic rings. The van der Waals surface area contributed by atoms with Gasteiger partial charge >= 0.3 is 6.18 Å². The van der Waals surface area contributed by atoms with E-state index in [1.165, 1.54) is 0 Å². The zero-order valence-corrected chi connectivity index (χ0v) is 10.1. The van der Waals surface area contributed by atoms with Crippen LogP contribution in [0.4, 0.5) is 23.4 Å². The molecule has 2 N–H and O–H groups in total. The molecule has 0 spiro atoms. The molecule has 0 bridgehead atoms. The Morgan fingerprint density at radius 3 is 2.37 bits per heavy atom. The number of rotatable bonds is 1. The Kier molecular flexibility index (Phi) is 3.36. The Labute approximate surface area is 110 Å². The first kappa shape index (κ1) is 13.6. The Hall–Kier alpha value is -1.82. The predicted molar refractivity (Wildman–Crippen MR) is 64.1 cm³/mol. The lowest BCUT2D eigenvalue weighted by Gasteiger charge is -2.13. The van der Waals surface area contributed by atoms with Gasteiger partial charge in [-0.15, -0.1) is 0 Å². The maximum atomic E-state index is 13.0. The Bertz CT molecular complexity index is 626. The number of nitrogen functional groups attached to an aromatic ring is 1. The van der Waals surface area contributed by atoms with Gasteiger partial charge in [0.2, 0.25) is 0 Å². The summed E-state index contributed by atoms with van der Waals surface area (Å²) in [7, 11) is 0. The van der Waals surface area contributed by atoms with Crippen molar-refractivity contribution in [3.8, 4) is 11.3 Å². The van der Waals surface area contributed by atoms with E-state index in [0.717, 1.165) is 30.3 Å². The fourth-order valence-corrected chi connectivity index (χ4v) is 1.75. The van der Waals surface area contributed by atoms with E-state index in [4.69, 9.17) is 17.3 Å². The van der Waals surface area contributed by atoms with Gasteiger partial charge in [0.05, 0.1) is 16.3 Å². The molecule has 0 saturated carbocycles. The van der Waals surface area contributed by atoms with Crippen molar-refractivity contribution in [1.29, 1.82) is 0 Å². The third-order valence-corrected chi connectivity index (χ3v) is 2.70. The second kappa shape index (κ2) is 4.70. The third-order valence-electron chi connectivity index (χ3n) is 2.42. The number of nitrogens with two attached hydrogens (primary N) is 1. The quantitative estimate of drug-likeness (QED) is 0.802. The van der Waals surface area contributed by atoms with E-state index in [1.54, 1.807) is 0 Å². The summed E-state index contributed by atoms with van der Waals surface area (Å²) < 4.78 is 51.6. The maximum absolute atomic E-state index is 13.0. The van der Waals surface area contributed by atoms with Gasteiger partial charge < -0.3 is 5.73 Å². The lowest BCUT2D eigenvalue weighted by molar-refractivity contribution is -0.137. The van der Waals surface area contributed by atoms with Crippen molar-refractivity contribution in [3.63, 3.8) is 0 Å². The highest BCUT2D eigenvalue weighted by Crippen LogP contribution is 2.37. The van der Waals surface area contributed by atoms with Crippen LogP contribution in [0.3, 0.4) is 0 Å². The van der Waals surface area contributed by atoms with Crippen molar-refractivity contribution in [2.45, 2.75) is 6.18 Å². The molecule has 100 valence electrons. The van der Waals surface area contributed by atoms with Gasteiger partial charge in [0.15, 0.2) is 0 Å². The van der Waals surface area contributed by atoms with Crippen LogP contribution >= 0.6 is 11.6 Å². The molecule has 0 aliphatic rings. The van der Waals surface area contributed by atoms with Gasteiger partial charge in [-0.1, -0.05) is 11.6 Å². The molecule has 1 aromatic heterocycles. The van der Waals surface area contributed by atoms with Crippen LogP contribution in [0.1, 0.15) is 5.56 Å². The fraction of sp³-hybridized carbons (Fsp3) is 0.0833. The largest absolute Gasteiger partial charge is 0.418 e. The maximum Gasteiger partial charge on any atom is 0.418 e. The fourth-order valence-electron chi connectivity index (χ4n) is 1.57. The van der Waals surface area contributed by atoms with Gasteiger partial charge in [-0.05, 0) is 30.3 Å². The molecule has 0 radical (unpaired) electrons. The Balaban J connectivity index is 2.66. The van der Waals surface area contributed by atoms with Gasteiger partial charge in [-0.3, -0.25) is 0 Å². The van der Waals surface area contributed by atoms with Crippen LogP contribution in [0.25, 0.3) is 11.3 Å². The molecular formula is C12H7ClF4N2. The summed E-state index contributed by atoms with van der Waals surface area (Å²) >= 11 is 5.55. The smallest absolute Gasteiger partial charge is 0.384 e. The summed E-state index contributed by atoms with van der Waals surface area (Å²) in [6, 6.07) is 5.10. The SMILES string of the molecule is Nc1ccc(C(F)(F)F)c(-c2ccc(F)c(Cl)c2)n1. The number of nitrogens with zero attached hydrogens (tertiary/aromatic N) is 1. The summed E-state index contributed by atoms with van der Waals surface area (Å²) in [5, 5.41) is -0.283. The molecule has 0 fully saturated rings. The molecule has 0 saturated heterocycles. The minimum Gasteiger partial charge on any atom is -0.384 e. The molecule has 2 rings (SSSR count). The van der Waals surface area contributed by atoms with Gasteiger partial charge in [0.25, 0.3) is 0 Å². The summed E-state index contributed by atoms with van der Waals surface area (Å²) in [5.74, 6) is -0.786. The molecule has 19 heavy (non-hydrogen) atoms. The monoisotopic (exact) mass is 290 g/mol. The van der Waals surface area contributed by atoms with E-state index in [0.29, 0.717) is 0 Å². The highest BCUT2D eigenvalue weighted by Gasteiger charge is 2.34. The van der Waals surface area contributed by atoms with Crippen LogP contribution in [0.2, 0.25) is 5.02 Å². The predicted octanol–water partition coefficient (Wildman–Crippen LogP) is 4.14. The first-order chi connectivity index (χ1) is 8.79. The van der Waals surface area contributed by atoms with Gasteiger partial charge in [0, 0.05) is 5.56 Å². The van der Waals surface area contributed by atoms with E-state index < -0.39 is 17.6 Å². The van der Waals surface area contributed by atoms with Crippen molar-refractivity contribution >= 4 is 17.4 Å². The minimum atomic E-state index is -4.59. The van der Waals surface area contributed by atoms with Gasteiger partial charge in [0.1, 0.15) is 11.6 Å². The third kappa shape index (κ3) is 2.78. The summed E-state index contributed by atoms with van der Waals surface area (Å²) in [5.41, 5.74) is 4.10.